The molecule has 5 rings (SSSR count). The second-order valence-electron chi connectivity index (χ2n) is 33.6. The average molecular weight is 1360 g/mol. The number of hydrogen-bond acceptors (Lipinski definition) is 7. The molecule has 3 aliphatic carbocycles. The lowest BCUT2D eigenvalue weighted by Gasteiger charge is -2.59. The number of esters is 1. The summed E-state index contributed by atoms with van der Waals surface area (Å²) in [6.45, 7) is 10.2. The first-order valence-corrected chi connectivity index (χ1v) is 45.7. The van der Waals surface area contributed by atoms with E-state index in [2.05, 4.69) is 24.5 Å². The van der Waals surface area contributed by atoms with Crippen LogP contribution in [0.2, 0.25) is 0 Å². The summed E-state index contributed by atoms with van der Waals surface area (Å²) in [6, 6.07) is 0.931. The van der Waals surface area contributed by atoms with Gasteiger partial charge in [0, 0.05) is 56.3 Å². The zero-order valence-electron chi connectivity index (χ0n) is 65.8. The van der Waals surface area contributed by atoms with Gasteiger partial charge >= 0.3 is 5.97 Å². The SMILES string of the molecule is CCCCCCCCCCCCCCCCCCCCCCCCCCCCCCCCOCCCNC1CCC2C(C1)OC1CC(NCCCOCCCCCCCCCCCCCCCCCCCCCCCCCCCCCCCC)CCC1C21OC(=O)C2CCCCC21. The third-order valence-electron chi connectivity index (χ3n) is 25.1. The van der Waals surface area contributed by atoms with Crippen LogP contribution in [0.15, 0.2) is 0 Å². The summed E-state index contributed by atoms with van der Waals surface area (Å²) < 4.78 is 26.5. The minimum absolute atomic E-state index is 0.111. The van der Waals surface area contributed by atoms with E-state index in [1.165, 1.54) is 398 Å². The molecule has 2 heterocycles. The van der Waals surface area contributed by atoms with E-state index in [0.717, 1.165) is 104 Å². The fraction of sp³-hybridized carbons (Fsp3) is 0.989. The van der Waals surface area contributed by atoms with Gasteiger partial charge in [-0.1, -0.05) is 399 Å². The summed E-state index contributed by atoms with van der Waals surface area (Å²) in [5, 5.41) is 7.90. The molecule has 0 bridgehead atoms. The van der Waals surface area contributed by atoms with Gasteiger partial charge in [-0.15, -0.1) is 0 Å². The summed E-state index contributed by atoms with van der Waals surface area (Å²) in [6.07, 6.45) is 100. The minimum atomic E-state index is -0.318. The van der Waals surface area contributed by atoms with Gasteiger partial charge in [0.1, 0.15) is 5.60 Å². The normalized spacial score (nSPS) is 23.1. The van der Waals surface area contributed by atoms with Gasteiger partial charge in [0.05, 0.1) is 18.1 Å². The average Bonchev–Trinajstić information content (AvgIpc) is 1.62. The summed E-state index contributed by atoms with van der Waals surface area (Å²) in [5.41, 5.74) is -0.318. The van der Waals surface area contributed by atoms with Crippen LogP contribution in [0.25, 0.3) is 0 Å². The first kappa shape index (κ1) is 86.9. The predicted molar refractivity (Wildman–Crippen MR) is 420 cm³/mol. The molecule has 0 aromatic carbocycles. The molecule has 2 saturated heterocycles. The van der Waals surface area contributed by atoms with Gasteiger partial charge in [-0.3, -0.25) is 4.79 Å². The van der Waals surface area contributed by atoms with Crippen LogP contribution in [0.1, 0.15) is 476 Å². The Hall–Kier alpha value is -0.730. The largest absolute Gasteiger partial charge is 0.458 e. The molecule has 572 valence electrons. The number of carbonyl (C=O) groups is 1. The van der Waals surface area contributed by atoms with E-state index < -0.39 is 0 Å². The van der Waals surface area contributed by atoms with Gasteiger partial charge in [-0.25, -0.2) is 0 Å². The number of hydrogen-bond donors (Lipinski definition) is 2. The second-order valence-corrected chi connectivity index (χ2v) is 33.6. The first-order chi connectivity index (χ1) is 48.2. The zero-order valence-corrected chi connectivity index (χ0v) is 65.8. The molecule has 8 atom stereocenters. The van der Waals surface area contributed by atoms with Crippen molar-refractivity contribution in [2.24, 2.45) is 23.7 Å². The topological polar surface area (TPSA) is 78.1 Å². The van der Waals surface area contributed by atoms with Gasteiger partial charge in [0.2, 0.25) is 0 Å². The van der Waals surface area contributed by atoms with Gasteiger partial charge in [-0.05, 0) is 90.1 Å². The highest BCUT2D eigenvalue weighted by Crippen LogP contribution is 2.61. The van der Waals surface area contributed by atoms with Crippen LogP contribution in [0.4, 0.5) is 0 Å². The summed E-state index contributed by atoms with van der Waals surface area (Å²) in [5.74, 6) is 1.30. The molecule has 7 heteroatoms. The molecular formula is C90H172N2O5. The Morgan fingerprint density at radius 3 is 0.825 bits per heavy atom. The number of fused-ring (bicyclic) bond motifs is 6. The molecule has 97 heavy (non-hydrogen) atoms. The standard InChI is InChI=1S/C90H172N2O5/c1-3-5-7-9-11-13-15-17-19-21-23-25-27-29-31-33-35-37-39-41-43-45-47-49-51-53-55-57-59-63-75-94-77-65-73-91-81-69-71-85-87(79-81)96-88-80-82(70-72-86(88)90(85)84-68-62-61-67-83(84)89(93)97-90)92-74-66-78-95-76-64-60-58-56-54-52-50-48-46-44-42-40-38-36-34-32-30-28-26-24-22-20-18-16-14-12-10-8-6-4-2/h81-88,91-92H,3-80H2,1-2H3. The van der Waals surface area contributed by atoms with E-state index in [4.69, 9.17) is 18.9 Å². The lowest BCUT2D eigenvalue weighted by Crippen LogP contribution is -2.67. The smallest absolute Gasteiger partial charge is 0.309 e. The Morgan fingerprint density at radius 2 is 0.546 bits per heavy atom. The molecule has 0 radical (unpaired) electrons. The van der Waals surface area contributed by atoms with Gasteiger partial charge in [-0.2, -0.15) is 0 Å². The van der Waals surface area contributed by atoms with Crippen molar-refractivity contribution in [3.8, 4) is 0 Å². The zero-order chi connectivity index (χ0) is 68.1. The molecule has 2 N–H and O–H groups in total. The summed E-state index contributed by atoms with van der Waals surface area (Å²) in [7, 11) is 0. The first-order valence-electron chi connectivity index (χ1n) is 45.7. The lowest BCUT2D eigenvalue weighted by molar-refractivity contribution is -0.259. The van der Waals surface area contributed by atoms with E-state index in [1.54, 1.807) is 0 Å². The highest BCUT2D eigenvalue weighted by atomic mass is 16.6. The van der Waals surface area contributed by atoms with Crippen molar-refractivity contribution in [3.63, 3.8) is 0 Å². The highest BCUT2D eigenvalue weighted by molar-refractivity contribution is 5.76. The van der Waals surface area contributed by atoms with Crippen molar-refractivity contribution in [3.05, 3.63) is 0 Å². The Labute approximate surface area is 606 Å². The fourth-order valence-electron chi connectivity index (χ4n) is 19.1. The van der Waals surface area contributed by atoms with Crippen LogP contribution in [0.5, 0.6) is 0 Å². The van der Waals surface area contributed by atoms with Crippen LogP contribution in [0.3, 0.4) is 0 Å². The van der Waals surface area contributed by atoms with Crippen LogP contribution in [0, 0.1) is 23.7 Å². The summed E-state index contributed by atoms with van der Waals surface area (Å²) in [4.78, 5) is 13.8. The maximum Gasteiger partial charge on any atom is 0.309 e. The number of nitrogens with one attached hydrogen (secondary N) is 2. The van der Waals surface area contributed by atoms with Gasteiger partial charge < -0.3 is 29.6 Å². The molecule has 0 amide bonds. The molecule has 1 spiro atoms. The van der Waals surface area contributed by atoms with E-state index >= 15 is 0 Å². The Bertz CT molecular complexity index is 1600. The lowest BCUT2D eigenvalue weighted by atomic mass is 9.54. The molecule has 0 aromatic heterocycles. The maximum atomic E-state index is 13.8. The van der Waals surface area contributed by atoms with Crippen LogP contribution >= 0.6 is 0 Å². The molecule has 8 unspecified atom stereocenters. The van der Waals surface area contributed by atoms with E-state index in [9.17, 15) is 4.79 Å². The Kier molecular flexibility index (Phi) is 56.1. The van der Waals surface area contributed by atoms with Crippen molar-refractivity contribution in [2.45, 2.75) is 506 Å². The van der Waals surface area contributed by atoms with Crippen LogP contribution in [-0.4, -0.2) is 75.4 Å². The van der Waals surface area contributed by atoms with Crippen molar-refractivity contribution in [1.29, 1.82) is 0 Å². The van der Waals surface area contributed by atoms with Crippen LogP contribution in [-0.2, 0) is 23.7 Å². The van der Waals surface area contributed by atoms with Gasteiger partial charge in [0.25, 0.3) is 0 Å². The second kappa shape index (κ2) is 62.6. The third kappa shape index (κ3) is 41.5. The molecular weight excluding hydrogens is 1190 g/mol. The molecule has 5 fully saturated rings. The van der Waals surface area contributed by atoms with E-state index in [0.29, 0.717) is 29.8 Å². The number of rotatable bonds is 72. The Balaban J connectivity index is 0.759. The van der Waals surface area contributed by atoms with E-state index in [1.807, 2.05) is 0 Å². The third-order valence-corrected chi connectivity index (χ3v) is 25.1. The van der Waals surface area contributed by atoms with Crippen molar-refractivity contribution >= 4 is 5.97 Å². The van der Waals surface area contributed by atoms with Crippen LogP contribution < -0.4 is 10.6 Å². The Morgan fingerprint density at radius 1 is 0.299 bits per heavy atom. The predicted octanol–water partition coefficient (Wildman–Crippen LogP) is 27.6. The minimum Gasteiger partial charge on any atom is -0.458 e. The summed E-state index contributed by atoms with van der Waals surface area (Å²) >= 11 is 0. The molecule has 2 aliphatic heterocycles. The quantitative estimate of drug-likeness (QED) is 0.0464. The maximum absolute atomic E-state index is 13.8. The molecule has 7 nitrogen and oxygen atoms in total. The molecule has 5 aliphatic rings. The van der Waals surface area contributed by atoms with Gasteiger partial charge in [0.15, 0.2) is 0 Å². The number of carbonyl (C=O) groups excluding carboxylic acids is 1. The number of ether oxygens (including phenoxy) is 4. The van der Waals surface area contributed by atoms with E-state index in [-0.39, 0.29) is 29.7 Å². The fourth-order valence-corrected chi connectivity index (χ4v) is 19.1. The number of unbranched alkanes of at least 4 members (excludes halogenated alkanes) is 58. The van der Waals surface area contributed by atoms with Crippen molar-refractivity contribution in [2.75, 3.05) is 39.5 Å². The van der Waals surface area contributed by atoms with Crippen molar-refractivity contribution in [1.82, 2.24) is 10.6 Å². The van der Waals surface area contributed by atoms with Crippen molar-refractivity contribution < 1.29 is 23.7 Å². The highest BCUT2D eigenvalue weighted by Gasteiger charge is 2.69. The molecule has 3 saturated carbocycles. The molecule has 0 aromatic rings. The monoisotopic (exact) mass is 1360 g/mol.